The summed E-state index contributed by atoms with van der Waals surface area (Å²) < 4.78 is 2.86. The zero-order valence-electron chi connectivity index (χ0n) is 8.10. The molecule has 15 heavy (non-hydrogen) atoms. The summed E-state index contributed by atoms with van der Waals surface area (Å²) in [5.41, 5.74) is 0.958. The fraction of sp³-hybridized carbons (Fsp3) is 0.200. The van der Waals surface area contributed by atoms with Crippen molar-refractivity contribution in [1.29, 1.82) is 0 Å². The Balaban J connectivity index is 0.00000112. The lowest BCUT2D eigenvalue weighted by Crippen LogP contribution is -2.44. The van der Waals surface area contributed by atoms with Gasteiger partial charge in [0.25, 0.3) is 0 Å². The SMILES string of the molecule is Cc1sc2ccccc2[n+]1CC(=O)[O-].Cl. The molecule has 1 aromatic carbocycles. The summed E-state index contributed by atoms with van der Waals surface area (Å²) in [6.07, 6.45) is 0. The normalized spacial score (nSPS) is 9.93. The van der Waals surface area contributed by atoms with E-state index in [1.807, 2.05) is 31.2 Å². The first kappa shape index (κ1) is 11.9. The summed E-state index contributed by atoms with van der Waals surface area (Å²) in [6, 6.07) is 7.75. The minimum absolute atomic E-state index is 0. The van der Waals surface area contributed by atoms with E-state index in [0.29, 0.717) is 0 Å². The van der Waals surface area contributed by atoms with Crippen molar-refractivity contribution in [2.24, 2.45) is 0 Å². The highest BCUT2D eigenvalue weighted by atomic mass is 35.5. The van der Waals surface area contributed by atoms with E-state index in [2.05, 4.69) is 0 Å². The summed E-state index contributed by atoms with van der Waals surface area (Å²) in [7, 11) is 0. The fourth-order valence-corrected chi connectivity index (χ4v) is 2.50. The van der Waals surface area contributed by atoms with E-state index in [-0.39, 0.29) is 19.0 Å². The van der Waals surface area contributed by atoms with Crippen LogP contribution in [0.3, 0.4) is 0 Å². The van der Waals surface area contributed by atoms with Crippen LogP contribution in [0, 0.1) is 6.92 Å². The minimum Gasteiger partial charge on any atom is -0.544 e. The Labute approximate surface area is 97.4 Å². The van der Waals surface area contributed by atoms with E-state index in [0.717, 1.165) is 15.2 Å². The predicted octanol–water partition coefficient (Wildman–Crippen LogP) is 0.669. The van der Waals surface area contributed by atoms with Crippen molar-refractivity contribution in [3.8, 4) is 0 Å². The minimum atomic E-state index is -1.05. The number of aryl methyl sites for hydroxylation is 1. The van der Waals surface area contributed by atoms with Gasteiger partial charge in [0, 0.05) is 13.0 Å². The second kappa shape index (κ2) is 4.59. The van der Waals surface area contributed by atoms with Gasteiger partial charge in [-0.15, -0.1) is 12.4 Å². The zero-order chi connectivity index (χ0) is 10.1. The molecule has 0 saturated heterocycles. The van der Waals surface area contributed by atoms with Gasteiger partial charge in [0.2, 0.25) is 10.5 Å². The smallest absolute Gasteiger partial charge is 0.235 e. The number of thiazole rings is 1. The fourth-order valence-electron chi connectivity index (χ4n) is 1.48. The number of carbonyl (C=O) groups excluding carboxylic acids is 1. The molecule has 1 heterocycles. The number of nitrogens with zero attached hydrogens (tertiary/aromatic N) is 1. The van der Waals surface area contributed by atoms with E-state index in [9.17, 15) is 9.90 Å². The number of aliphatic carboxylic acids is 1. The second-order valence-electron chi connectivity index (χ2n) is 3.05. The molecule has 1 aromatic heterocycles. The number of hydrogen-bond donors (Lipinski definition) is 0. The summed E-state index contributed by atoms with van der Waals surface area (Å²) in [5.74, 6) is -1.05. The van der Waals surface area contributed by atoms with Crippen LogP contribution in [0.4, 0.5) is 0 Å². The van der Waals surface area contributed by atoms with Gasteiger partial charge in [-0.2, -0.15) is 4.57 Å². The molecular formula is C10H10ClNO2S. The van der Waals surface area contributed by atoms with Crippen molar-refractivity contribution < 1.29 is 14.5 Å². The molecular weight excluding hydrogens is 234 g/mol. The summed E-state index contributed by atoms with van der Waals surface area (Å²) in [4.78, 5) is 10.5. The highest BCUT2D eigenvalue weighted by Gasteiger charge is 2.15. The number of carbonyl (C=O) groups is 1. The first-order valence-corrected chi connectivity index (χ1v) is 5.08. The van der Waals surface area contributed by atoms with Crippen molar-refractivity contribution in [2.45, 2.75) is 13.5 Å². The van der Waals surface area contributed by atoms with Gasteiger partial charge in [0.15, 0.2) is 6.54 Å². The van der Waals surface area contributed by atoms with Gasteiger partial charge in [0.1, 0.15) is 10.7 Å². The first-order chi connectivity index (χ1) is 6.68. The lowest BCUT2D eigenvalue weighted by Gasteiger charge is -1.96. The Kier molecular flexibility index (Phi) is 3.66. The number of halogens is 1. The molecule has 0 radical (unpaired) electrons. The van der Waals surface area contributed by atoms with Gasteiger partial charge in [-0.25, -0.2) is 0 Å². The van der Waals surface area contributed by atoms with Crippen LogP contribution in [0.2, 0.25) is 0 Å². The topological polar surface area (TPSA) is 44.0 Å². The van der Waals surface area contributed by atoms with Crippen molar-refractivity contribution in [3.63, 3.8) is 0 Å². The number of aromatic nitrogens is 1. The van der Waals surface area contributed by atoms with Crippen LogP contribution in [0.15, 0.2) is 24.3 Å². The van der Waals surface area contributed by atoms with Crippen LogP contribution in [-0.4, -0.2) is 5.97 Å². The maximum Gasteiger partial charge on any atom is 0.235 e. The largest absolute Gasteiger partial charge is 0.544 e. The molecule has 0 spiro atoms. The molecule has 0 aliphatic heterocycles. The van der Waals surface area contributed by atoms with Crippen molar-refractivity contribution >= 4 is 39.9 Å². The van der Waals surface area contributed by atoms with Crippen molar-refractivity contribution in [3.05, 3.63) is 29.3 Å². The van der Waals surface area contributed by atoms with Crippen LogP contribution in [0.5, 0.6) is 0 Å². The molecule has 2 aromatic rings. The third-order valence-corrected chi connectivity index (χ3v) is 3.16. The molecule has 0 atom stereocenters. The number of para-hydroxylation sites is 1. The average molecular weight is 244 g/mol. The second-order valence-corrected chi connectivity index (χ2v) is 4.28. The molecule has 0 bridgehead atoms. The molecule has 80 valence electrons. The van der Waals surface area contributed by atoms with E-state index >= 15 is 0 Å². The van der Waals surface area contributed by atoms with Gasteiger partial charge in [-0.3, -0.25) is 0 Å². The van der Waals surface area contributed by atoms with Crippen LogP contribution < -0.4 is 9.67 Å². The first-order valence-electron chi connectivity index (χ1n) is 4.26. The Morgan fingerprint density at radius 3 is 2.80 bits per heavy atom. The Morgan fingerprint density at radius 2 is 2.13 bits per heavy atom. The molecule has 3 nitrogen and oxygen atoms in total. The monoisotopic (exact) mass is 243 g/mol. The standard InChI is InChI=1S/C10H9NO2S.ClH/c1-7-11(6-10(12)13)8-4-2-3-5-9(8)14-7;/h2-5H,6H2,1H3;1H. The van der Waals surface area contributed by atoms with Crippen molar-refractivity contribution in [2.75, 3.05) is 0 Å². The van der Waals surface area contributed by atoms with E-state index in [1.165, 1.54) is 0 Å². The molecule has 0 N–H and O–H groups in total. The predicted molar refractivity (Wildman–Crippen MR) is 59.0 cm³/mol. The highest BCUT2D eigenvalue weighted by Crippen LogP contribution is 2.18. The van der Waals surface area contributed by atoms with Gasteiger partial charge < -0.3 is 9.90 Å². The van der Waals surface area contributed by atoms with Gasteiger partial charge >= 0.3 is 0 Å². The Morgan fingerprint density at radius 1 is 1.47 bits per heavy atom. The van der Waals surface area contributed by atoms with Gasteiger partial charge in [0.05, 0.1) is 0 Å². The van der Waals surface area contributed by atoms with Crippen molar-refractivity contribution in [1.82, 2.24) is 0 Å². The van der Waals surface area contributed by atoms with Gasteiger partial charge in [-0.1, -0.05) is 23.5 Å². The van der Waals surface area contributed by atoms with E-state index < -0.39 is 5.97 Å². The summed E-state index contributed by atoms with van der Waals surface area (Å²) in [5, 5.41) is 11.5. The molecule has 0 saturated carbocycles. The number of carboxylic acids is 1. The average Bonchev–Trinajstić information content (AvgIpc) is 2.43. The maximum absolute atomic E-state index is 10.5. The zero-order valence-corrected chi connectivity index (χ0v) is 9.73. The molecule has 5 heteroatoms. The molecule has 2 rings (SSSR count). The van der Waals surface area contributed by atoms with Crippen LogP contribution in [0.25, 0.3) is 10.2 Å². The molecule has 0 unspecified atom stereocenters. The summed E-state index contributed by atoms with van der Waals surface area (Å²) in [6.45, 7) is 1.84. The molecule has 0 aliphatic rings. The third kappa shape index (κ3) is 2.27. The summed E-state index contributed by atoms with van der Waals surface area (Å²) >= 11 is 1.59. The number of hydrogen-bond acceptors (Lipinski definition) is 3. The van der Waals surface area contributed by atoms with Crippen LogP contribution in [-0.2, 0) is 11.3 Å². The number of carboxylic acid groups (broad SMARTS) is 1. The Bertz CT molecular complexity index is 495. The third-order valence-electron chi connectivity index (χ3n) is 2.08. The lowest BCUT2D eigenvalue weighted by atomic mass is 10.3. The number of rotatable bonds is 2. The number of benzene rings is 1. The van der Waals surface area contributed by atoms with E-state index in [4.69, 9.17) is 0 Å². The maximum atomic E-state index is 10.5. The quantitative estimate of drug-likeness (QED) is 0.728. The van der Waals surface area contributed by atoms with Crippen LogP contribution in [0.1, 0.15) is 5.01 Å². The van der Waals surface area contributed by atoms with Crippen LogP contribution >= 0.6 is 23.7 Å². The number of fused-ring (bicyclic) bond motifs is 1. The highest BCUT2D eigenvalue weighted by molar-refractivity contribution is 7.18. The van der Waals surface area contributed by atoms with Gasteiger partial charge in [-0.05, 0) is 6.07 Å². The molecule has 0 aliphatic carbocycles. The van der Waals surface area contributed by atoms with E-state index in [1.54, 1.807) is 15.9 Å². The molecule has 0 fully saturated rings. The lowest BCUT2D eigenvalue weighted by molar-refractivity contribution is -0.667. The Hall–Kier alpha value is -1.13. The molecule has 0 amide bonds.